The fourth-order valence-electron chi connectivity index (χ4n) is 0.317. The molecule has 0 bridgehead atoms. The molecule has 0 unspecified atom stereocenters. The van der Waals surface area contributed by atoms with E-state index in [1.54, 1.807) is 6.21 Å². The SMILES string of the molecule is CC(C)(C)/C=N\NC(=S)NN. The Labute approximate surface area is 72.2 Å². The van der Waals surface area contributed by atoms with Crippen LogP contribution in [0.15, 0.2) is 5.10 Å². The first-order chi connectivity index (χ1) is 4.95. The Morgan fingerprint density at radius 2 is 2.09 bits per heavy atom. The monoisotopic (exact) mass is 174 g/mol. The molecule has 0 saturated heterocycles. The van der Waals surface area contributed by atoms with Crippen LogP contribution in [0.1, 0.15) is 20.8 Å². The third-order valence-electron chi connectivity index (χ3n) is 0.749. The van der Waals surface area contributed by atoms with Crippen LogP contribution >= 0.6 is 12.2 Å². The summed E-state index contributed by atoms with van der Waals surface area (Å²) in [6.07, 6.45) is 1.76. The largest absolute Gasteiger partial charge is 0.300 e. The van der Waals surface area contributed by atoms with Gasteiger partial charge in [0.1, 0.15) is 0 Å². The van der Waals surface area contributed by atoms with Crippen LogP contribution in [0, 0.1) is 5.41 Å². The lowest BCUT2D eigenvalue weighted by atomic mass is 9.99. The van der Waals surface area contributed by atoms with Crippen LogP contribution in [0.25, 0.3) is 0 Å². The van der Waals surface area contributed by atoms with Crippen molar-refractivity contribution >= 4 is 23.5 Å². The number of hydrazone groups is 1. The Morgan fingerprint density at radius 1 is 1.55 bits per heavy atom. The van der Waals surface area contributed by atoms with E-state index >= 15 is 0 Å². The highest BCUT2D eigenvalue weighted by molar-refractivity contribution is 7.80. The molecular formula is C6H14N4S. The zero-order chi connectivity index (χ0) is 8.91. The molecule has 0 aliphatic carbocycles. The van der Waals surface area contributed by atoms with Gasteiger partial charge in [-0.25, -0.2) is 5.84 Å². The van der Waals surface area contributed by atoms with Gasteiger partial charge in [-0.2, -0.15) is 5.10 Å². The van der Waals surface area contributed by atoms with Gasteiger partial charge in [-0.3, -0.25) is 10.9 Å². The number of hydrazine groups is 1. The fourth-order valence-corrected chi connectivity index (χ4v) is 0.370. The van der Waals surface area contributed by atoms with E-state index < -0.39 is 0 Å². The highest BCUT2D eigenvalue weighted by Crippen LogP contribution is 2.07. The quantitative estimate of drug-likeness (QED) is 0.232. The Kier molecular flexibility index (Phi) is 3.99. The van der Waals surface area contributed by atoms with Gasteiger partial charge in [0.2, 0.25) is 5.11 Å². The van der Waals surface area contributed by atoms with E-state index in [0.29, 0.717) is 5.11 Å². The van der Waals surface area contributed by atoms with Crippen molar-refractivity contribution in [2.24, 2.45) is 16.4 Å². The highest BCUT2D eigenvalue weighted by atomic mass is 32.1. The Balaban J connectivity index is 3.70. The lowest BCUT2D eigenvalue weighted by molar-refractivity contribution is 0.602. The Hall–Kier alpha value is -0.680. The van der Waals surface area contributed by atoms with E-state index in [2.05, 4.69) is 28.2 Å². The molecule has 0 rings (SSSR count). The highest BCUT2D eigenvalue weighted by Gasteiger charge is 2.04. The van der Waals surface area contributed by atoms with Crippen molar-refractivity contribution < 1.29 is 0 Å². The molecule has 0 aromatic heterocycles. The van der Waals surface area contributed by atoms with Gasteiger partial charge in [0, 0.05) is 6.21 Å². The van der Waals surface area contributed by atoms with E-state index in [4.69, 9.17) is 5.84 Å². The average Bonchev–Trinajstić information content (AvgIpc) is 1.85. The summed E-state index contributed by atoms with van der Waals surface area (Å²) in [5, 5.41) is 4.17. The molecule has 0 atom stereocenters. The molecule has 0 aromatic rings. The number of nitrogens with one attached hydrogen (secondary N) is 2. The van der Waals surface area contributed by atoms with Crippen molar-refractivity contribution in [1.29, 1.82) is 0 Å². The van der Waals surface area contributed by atoms with Gasteiger partial charge in [0.15, 0.2) is 0 Å². The van der Waals surface area contributed by atoms with Crippen LogP contribution in [0.3, 0.4) is 0 Å². The molecule has 0 fully saturated rings. The molecule has 0 amide bonds. The summed E-state index contributed by atoms with van der Waals surface area (Å²) in [5.74, 6) is 4.99. The van der Waals surface area contributed by atoms with E-state index in [0.717, 1.165) is 0 Å². The molecule has 0 aliphatic heterocycles. The third-order valence-corrected chi connectivity index (χ3v) is 0.958. The van der Waals surface area contributed by atoms with Crippen LogP contribution in [0.4, 0.5) is 0 Å². The summed E-state index contributed by atoms with van der Waals surface area (Å²) in [5.41, 5.74) is 4.86. The maximum absolute atomic E-state index is 4.99. The number of hydrogen-bond donors (Lipinski definition) is 3. The van der Waals surface area contributed by atoms with E-state index in [1.165, 1.54) is 0 Å². The summed E-state index contributed by atoms with van der Waals surface area (Å²) in [4.78, 5) is 0. The minimum atomic E-state index is 0.0528. The van der Waals surface area contributed by atoms with Crippen molar-refractivity contribution in [3.05, 3.63) is 0 Å². The van der Waals surface area contributed by atoms with Gasteiger partial charge in [0.25, 0.3) is 0 Å². The summed E-state index contributed by atoms with van der Waals surface area (Å²) < 4.78 is 0. The molecule has 0 heterocycles. The van der Waals surface area contributed by atoms with E-state index in [1.807, 2.05) is 20.8 Å². The van der Waals surface area contributed by atoms with Crippen LogP contribution in [0.2, 0.25) is 0 Å². The topological polar surface area (TPSA) is 62.4 Å². The molecule has 4 nitrogen and oxygen atoms in total. The maximum atomic E-state index is 4.99. The number of thiocarbonyl (C=S) groups is 1. The van der Waals surface area contributed by atoms with Gasteiger partial charge in [0.05, 0.1) is 0 Å². The van der Waals surface area contributed by atoms with E-state index in [-0.39, 0.29) is 5.41 Å². The first-order valence-electron chi connectivity index (χ1n) is 3.26. The third kappa shape index (κ3) is 7.21. The smallest absolute Gasteiger partial charge is 0.201 e. The number of nitrogens with zero attached hydrogens (tertiary/aromatic N) is 1. The van der Waals surface area contributed by atoms with Gasteiger partial charge in [-0.15, -0.1) is 0 Å². The van der Waals surface area contributed by atoms with Crippen LogP contribution in [0.5, 0.6) is 0 Å². The van der Waals surface area contributed by atoms with Gasteiger partial charge < -0.3 is 0 Å². The second-order valence-corrected chi connectivity index (χ2v) is 3.62. The number of nitrogens with two attached hydrogens (primary N) is 1. The van der Waals surface area contributed by atoms with Gasteiger partial charge in [-0.05, 0) is 17.6 Å². The molecule has 0 aliphatic rings. The average molecular weight is 174 g/mol. The lowest BCUT2D eigenvalue weighted by Crippen LogP contribution is -2.37. The van der Waals surface area contributed by atoms with Gasteiger partial charge >= 0.3 is 0 Å². The summed E-state index contributed by atoms with van der Waals surface area (Å²) >= 11 is 4.68. The number of rotatable bonds is 1. The molecular weight excluding hydrogens is 160 g/mol. The first-order valence-corrected chi connectivity index (χ1v) is 3.67. The van der Waals surface area contributed by atoms with Crippen molar-refractivity contribution in [2.75, 3.05) is 0 Å². The number of hydrogen-bond acceptors (Lipinski definition) is 3. The predicted octanol–water partition coefficient (Wildman–Crippen LogP) is 0.356. The van der Waals surface area contributed by atoms with E-state index in [9.17, 15) is 0 Å². The Morgan fingerprint density at radius 3 is 2.45 bits per heavy atom. The molecule has 11 heavy (non-hydrogen) atoms. The van der Waals surface area contributed by atoms with Crippen molar-refractivity contribution in [2.45, 2.75) is 20.8 Å². The van der Waals surface area contributed by atoms with Gasteiger partial charge in [-0.1, -0.05) is 20.8 Å². The van der Waals surface area contributed by atoms with Crippen molar-refractivity contribution in [1.82, 2.24) is 10.9 Å². The van der Waals surface area contributed by atoms with Crippen LogP contribution in [-0.4, -0.2) is 11.3 Å². The van der Waals surface area contributed by atoms with Crippen LogP contribution in [-0.2, 0) is 0 Å². The summed E-state index contributed by atoms with van der Waals surface area (Å²) in [7, 11) is 0. The molecule has 0 aromatic carbocycles. The molecule has 0 spiro atoms. The predicted molar refractivity (Wildman–Crippen MR) is 51.0 cm³/mol. The second kappa shape index (κ2) is 4.25. The van der Waals surface area contributed by atoms with Crippen molar-refractivity contribution in [3.8, 4) is 0 Å². The minimum absolute atomic E-state index is 0.0528. The Bertz CT molecular complexity index is 158. The summed E-state index contributed by atoms with van der Waals surface area (Å²) in [6, 6.07) is 0. The fraction of sp³-hybridized carbons (Fsp3) is 0.667. The zero-order valence-electron chi connectivity index (χ0n) is 7.01. The van der Waals surface area contributed by atoms with Crippen LogP contribution < -0.4 is 16.7 Å². The molecule has 64 valence electrons. The lowest BCUT2D eigenvalue weighted by Gasteiger charge is -2.09. The molecule has 0 radical (unpaired) electrons. The zero-order valence-corrected chi connectivity index (χ0v) is 7.83. The minimum Gasteiger partial charge on any atom is -0.300 e. The maximum Gasteiger partial charge on any atom is 0.201 e. The van der Waals surface area contributed by atoms with Crippen molar-refractivity contribution in [3.63, 3.8) is 0 Å². The first kappa shape index (κ1) is 10.3. The molecule has 0 saturated carbocycles. The standard InChI is InChI=1S/C6H14N4S/c1-6(2,3)4-8-10-5(11)9-7/h4H,7H2,1-3H3,(H2,9,10,11)/b8-4-. The normalized spacial score (nSPS) is 11.6. The second-order valence-electron chi connectivity index (χ2n) is 3.21. The molecule has 5 heteroatoms. The summed E-state index contributed by atoms with van der Waals surface area (Å²) in [6.45, 7) is 6.12. The molecule has 4 N–H and O–H groups in total.